The monoisotopic (exact) mass is 550 g/mol. The molecule has 0 aromatic carbocycles. The van der Waals surface area contributed by atoms with Crippen LogP contribution in [0.25, 0.3) is 0 Å². The number of ether oxygens (including phenoxy) is 2. The first-order valence-electron chi connectivity index (χ1n) is 8.88. The fourth-order valence-electron chi connectivity index (χ4n) is 1.95. The molecule has 2 aromatic rings. The number of halogens is 2. The van der Waals surface area contributed by atoms with Crippen molar-refractivity contribution in [1.29, 1.82) is 0 Å². The summed E-state index contributed by atoms with van der Waals surface area (Å²) in [5.74, 6) is 3.45. The first-order chi connectivity index (χ1) is 13.7. The summed E-state index contributed by atoms with van der Waals surface area (Å²) in [7, 11) is 3.76. The first kappa shape index (κ1) is 23.8. The Morgan fingerprint density at radius 1 is 0.714 bits per heavy atom. The van der Waals surface area contributed by atoms with Gasteiger partial charge in [0.25, 0.3) is 0 Å². The van der Waals surface area contributed by atoms with Crippen LogP contribution in [0.5, 0.6) is 11.8 Å². The lowest BCUT2D eigenvalue weighted by Crippen LogP contribution is -2.24. The number of pyridine rings is 2. The third-order valence-corrected chi connectivity index (χ3v) is 6.61. The molecule has 0 unspecified atom stereocenters. The topological polar surface area (TPSA) is 68.3 Å². The summed E-state index contributed by atoms with van der Waals surface area (Å²) in [6, 6.07) is 7.55. The van der Waals surface area contributed by atoms with Crippen molar-refractivity contribution < 1.29 is 9.47 Å². The van der Waals surface area contributed by atoms with Crippen molar-refractivity contribution >= 4 is 53.4 Å². The molecule has 0 aliphatic heterocycles. The molecule has 6 nitrogen and oxygen atoms in total. The molecule has 28 heavy (non-hydrogen) atoms. The van der Waals surface area contributed by atoms with Crippen LogP contribution < -0.4 is 20.1 Å². The highest BCUT2D eigenvalue weighted by Crippen LogP contribution is 2.19. The van der Waals surface area contributed by atoms with E-state index in [1.165, 1.54) is 0 Å². The zero-order chi connectivity index (χ0) is 19.9. The Morgan fingerprint density at radius 2 is 1.18 bits per heavy atom. The molecule has 0 saturated heterocycles. The molecule has 0 radical (unpaired) electrons. The van der Waals surface area contributed by atoms with E-state index in [1.54, 1.807) is 12.4 Å². The molecule has 154 valence electrons. The predicted molar refractivity (Wildman–Crippen MR) is 126 cm³/mol. The quantitative estimate of drug-likeness (QED) is 0.254. The van der Waals surface area contributed by atoms with Gasteiger partial charge in [0.1, 0.15) is 13.2 Å². The van der Waals surface area contributed by atoms with Crippen LogP contribution in [-0.2, 0) is 0 Å². The molecule has 0 fully saturated rings. The number of hydrogen-bond donors (Lipinski definition) is 2. The molecule has 2 N–H and O–H groups in total. The van der Waals surface area contributed by atoms with Gasteiger partial charge in [0, 0.05) is 71.2 Å². The number of rotatable bonds is 15. The molecule has 2 rings (SSSR count). The second-order valence-corrected chi connectivity index (χ2v) is 10.0. The SMILES string of the molecule is Brc1ccc(OCCNCCSSCCNCCOc2ccc(Br)cn2)nc1. The van der Waals surface area contributed by atoms with E-state index < -0.39 is 0 Å². The maximum absolute atomic E-state index is 5.56. The summed E-state index contributed by atoms with van der Waals surface area (Å²) >= 11 is 6.70. The van der Waals surface area contributed by atoms with E-state index in [4.69, 9.17) is 9.47 Å². The summed E-state index contributed by atoms with van der Waals surface area (Å²) < 4.78 is 13.0. The van der Waals surface area contributed by atoms with Crippen molar-refractivity contribution in [3.05, 3.63) is 45.6 Å². The molecular weight excluding hydrogens is 528 g/mol. The van der Waals surface area contributed by atoms with Crippen LogP contribution in [0.1, 0.15) is 0 Å². The Morgan fingerprint density at radius 3 is 1.57 bits per heavy atom. The van der Waals surface area contributed by atoms with Gasteiger partial charge in [-0.25, -0.2) is 9.97 Å². The summed E-state index contributed by atoms with van der Waals surface area (Å²) in [6.07, 6.45) is 3.47. The Kier molecular flexibility index (Phi) is 13.0. The number of nitrogens with zero attached hydrogens (tertiary/aromatic N) is 2. The van der Waals surface area contributed by atoms with Crippen LogP contribution in [0.15, 0.2) is 45.6 Å². The van der Waals surface area contributed by atoms with Gasteiger partial charge in [-0.15, -0.1) is 0 Å². The minimum Gasteiger partial charge on any atom is -0.476 e. The molecule has 2 heterocycles. The standard InChI is InChI=1S/C18H24Br2N4O2S2/c19-15-1-3-17(23-13-15)25-9-5-21-7-11-27-28-12-8-22-6-10-26-18-4-2-16(20)14-24-18/h1-4,13-14,21-22H,5-12H2. The van der Waals surface area contributed by atoms with Gasteiger partial charge in [-0.1, -0.05) is 21.6 Å². The number of aromatic nitrogens is 2. The van der Waals surface area contributed by atoms with Crippen molar-refractivity contribution in [2.75, 3.05) is 50.9 Å². The van der Waals surface area contributed by atoms with Gasteiger partial charge < -0.3 is 20.1 Å². The molecule has 0 amide bonds. The van der Waals surface area contributed by atoms with Crippen molar-refractivity contribution in [2.45, 2.75) is 0 Å². The molecule has 0 saturated carbocycles. The van der Waals surface area contributed by atoms with E-state index in [0.29, 0.717) is 25.0 Å². The summed E-state index contributed by atoms with van der Waals surface area (Å²) in [5.41, 5.74) is 0. The van der Waals surface area contributed by atoms with E-state index in [1.807, 2.05) is 45.9 Å². The lowest BCUT2D eigenvalue weighted by Gasteiger charge is -2.07. The van der Waals surface area contributed by atoms with Crippen LogP contribution in [-0.4, -0.2) is 60.9 Å². The van der Waals surface area contributed by atoms with Crippen molar-refractivity contribution in [3.8, 4) is 11.8 Å². The fraction of sp³-hybridized carbons (Fsp3) is 0.444. The molecule has 0 spiro atoms. The Hall–Kier alpha value is -0.520. The van der Waals surface area contributed by atoms with E-state index in [9.17, 15) is 0 Å². The normalized spacial score (nSPS) is 10.8. The van der Waals surface area contributed by atoms with Crippen molar-refractivity contribution in [2.24, 2.45) is 0 Å². The highest BCUT2D eigenvalue weighted by molar-refractivity contribution is 9.10. The van der Waals surface area contributed by atoms with Gasteiger partial charge in [-0.2, -0.15) is 0 Å². The third-order valence-electron chi connectivity index (χ3n) is 3.27. The Bertz CT molecular complexity index is 594. The highest BCUT2D eigenvalue weighted by atomic mass is 79.9. The highest BCUT2D eigenvalue weighted by Gasteiger charge is 1.97. The van der Waals surface area contributed by atoms with Crippen LogP contribution in [0, 0.1) is 0 Å². The van der Waals surface area contributed by atoms with Gasteiger partial charge in [-0.05, 0) is 44.0 Å². The first-order valence-corrected chi connectivity index (χ1v) is 13.0. The molecule has 0 atom stereocenters. The van der Waals surface area contributed by atoms with Crippen LogP contribution >= 0.6 is 53.4 Å². The van der Waals surface area contributed by atoms with Crippen molar-refractivity contribution in [1.82, 2.24) is 20.6 Å². The minimum atomic E-state index is 0.619. The molecule has 0 aliphatic rings. The van der Waals surface area contributed by atoms with Crippen LogP contribution in [0.3, 0.4) is 0 Å². The van der Waals surface area contributed by atoms with Gasteiger partial charge in [0.15, 0.2) is 0 Å². The molecule has 0 aliphatic carbocycles. The van der Waals surface area contributed by atoms with Crippen molar-refractivity contribution in [3.63, 3.8) is 0 Å². The average Bonchev–Trinajstić information content (AvgIpc) is 2.71. The zero-order valence-corrected chi connectivity index (χ0v) is 20.2. The van der Waals surface area contributed by atoms with Crippen LogP contribution in [0.2, 0.25) is 0 Å². The average molecular weight is 552 g/mol. The summed E-state index contributed by atoms with van der Waals surface area (Å²) in [5, 5.41) is 6.74. The van der Waals surface area contributed by atoms with E-state index in [-0.39, 0.29) is 0 Å². The third kappa shape index (κ3) is 11.5. The second kappa shape index (κ2) is 15.3. The van der Waals surface area contributed by atoms with Gasteiger partial charge in [0.2, 0.25) is 11.8 Å². The molecule has 10 heteroatoms. The fourth-order valence-corrected chi connectivity index (χ4v) is 4.31. The van der Waals surface area contributed by atoms with Gasteiger partial charge in [-0.3, -0.25) is 0 Å². The molecule has 0 bridgehead atoms. The molecular formula is C18H24Br2N4O2S2. The second-order valence-electron chi connectivity index (χ2n) is 5.47. The zero-order valence-electron chi connectivity index (χ0n) is 15.4. The maximum Gasteiger partial charge on any atom is 0.213 e. The molecule has 2 aromatic heterocycles. The number of hydrogen-bond acceptors (Lipinski definition) is 8. The predicted octanol–water partition coefficient (Wildman–Crippen LogP) is 4.02. The van der Waals surface area contributed by atoms with E-state index in [0.717, 1.165) is 46.6 Å². The Balaban J connectivity index is 1.30. The minimum absolute atomic E-state index is 0.619. The van der Waals surface area contributed by atoms with Gasteiger partial charge in [0.05, 0.1) is 0 Å². The van der Waals surface area contributed by atoms with Crippen LogP contribution in [0.4, 0.5) is 0 Å². The lowest BCUT2D eigenvalue weighted by atomic mass is 10.5. The maximum atomic E-state index is 5.56. The van der Waals surface area contributed by atoms with E-state index in [2.05, 4.69) is 52.5 Å². The summed E-state index contributed by atoms with van der Waals surface area (Å²) in [4.78, 5) is 8.34. The number of nitrogens with one attached hydrogen (secondary N) is 2. The largest absolute Gasteiger partial charge is 0.476 e. The van der Waals surface area contributed by atoms with Gasteiger partial charge >= 0.3 is 0 Å². The summed E-state index contributed by atoms with van der Waals surface area (Å²) in [6.45, 7) is 4.81. The smallest absolute Gasteiger partial charge is 0.213 e. The Labute approximate surface area is 191 Å². The lowest BCUT2D eigenvalue weighted by molar-refractivity contribution is 0.303. The van der Waals surface area contributed by atoms with E-state index >= 15 is 0 Å².